The Bertz CT molecular complexity index is 1550. The lowest BCUT2D eigenvalue weighted by Crippen LogP contribution is -2.66. The molecule has 0 saturated heterocycles. The summed E-state index contributed by atoms with van der Waals surface area (Å²) in [4.78, 5) is 38.0. The molecule has 5 aliphatic rings. The lowest BCUT2D eigenvalue weighted by molar-refractivity contribution is -0.225. The van der Waals surface area contributed by atoms with Gasteiger partial charge in [-0.15, -0.1) is 0 Å². The third kappa shape index (κ3) is 5.51. The van der Waals surface area contributed by atoms with Crippen molar-refractivity contribution < 1.29 is 23.9 Å². The number of esters is 2. The second-order valence-electron chi connectivity index (χ2n) is 18.0. The number of carbonyl (C=O) groups excluding carboxylic acids is 3. The summed E-state index contributed by atoms with van der Waals surface area (Å²) < 4.78 is 9.69. The maximum atomic E-state index is 14.3. The van der Waals surface area contributed by atoms with E-state index in [9.17, 15) is 14.4 Å². The van der Waals surface area contributed by atoms with E-state index < -0.39 is 0 Å². The van der Waals surface area contributed by atoms with Crippen molar-refractivity contribution in [3.8, 4) is 0 Å². The first-order valence-electron chi connectivity index (χ1n) is 19.2. The van der Waals surface area contributed by atoms with Crippen LogP contribution in [-0.4, -0.2) is 51.7 Å². The number of hydrogen-bond acceptors (Lipinski definition) is 6. The Hall–Kier alpha value is -2.93. The van der Waals surface area contributed by atoms with Crippen LogP contribution in [0.3, 0.4) is 0 Å². The molecule has 9 unspecified atom stereocenters. The van der Waals surface area contributed by atoms with Crippen LogP contribution in [0.4, 0.5) is 0 Å². The van der Waals surface area contributed by atoms with Gasteiger partial charge in [-0.3, -0.25) is 9.59 Å². The van der Waals surface area contributed by atoms with E-state index in [1.165, 1.54) is 56.6 Å². The SMILES string of the molecule is C=C(C)C1CCC2(C(=O)NCCNCC(=O)OC)CCC3(C)C(CCC4C5(C)CC=C(c6ccc(C(=O)OC)cc6)C(C)(C)C5CCC43C)C12. The van der Waals surface area contributed by atoms with Crippen LogP contribution in [0.25, 0.3) is 5.57 Å². The molecule has 9 atom stereocenters. The largest absolute Gasteiger partial charge is 0.468 e. The minimum absolute atomic E-state index is 0.000875. The van der Waals surface area contributed by atoms with Crippen LogP contribution in [0.1, 0.15) is 115 Å². The first-order valence-corrected chi connectivity index (χ1v) is 19.2. The average molecular weight is 687 g/mol. The van der Waals surface area contributed by atoms with E-state index in [1.54, 1.807) is 0 Å². The quantitative estimate of drug-likeness (QED) is 0.155. The van der Waals surface area contributed by atoms with Crippen LogP contribution in [0.5, 0.6) is 0 Å². The molecule has 4 saturated carbocycles. The van der Waals surface area contributed by atoms with E-state index in [2.05, 4.69) is 77.0 Å². The predicted molar refractivity (Wildman–Crippen MR) is 198 cm³/mol. The minimum Gasteiger partial charge on any atom is -0.468 e. The van der Waals surface area contributed by atoms with Gasteiger partial charge in [-0.05, 0) is 139 Å². The van der Waals surface area contributed by atoms with E-state index in [1.807, 2.05) is 12.1 Å². The zero-order chi connectivity index (χ0) is 36.3. The van der Waals surface area contributed by atoms with Gasteiger partial charge in [0.2, 0.25) is 5.91 Å². The molecule has 2 N–H and O–H groups in total. The highest BCUT2D eigenvalue weighted by atomic mass is 16.5. The summed E-state index contributed by atoms with van der Waals surface area (Å²) in [6, 6.07) is 8.01. The van der Waals surface area contributed by atoms with Crippen molar-refractivity contribution in [2.45, 2.75) is 99.3 Å². The lowest BCUT2D eigenvalue weighted by atomic mass is 9.32. The molecule has 50 heavy (non-hydrogen) atoms. The molecule has 0 aromatic heterocycles. The van der Waals surface area contributed by atoms with Gasteiger partial charge in [0.1, 0.15) is 0 Å². The second kappa shape index (κ2) is 13.2. The van der Waals surface area contributed by atoms with E-state index in [0.717, 1.165) is 32.1 Å². The Balaban J connectivity index is 1.27. The molecule has 274 valence electrons. The highest BCUT2D eigenvalue weighted by Gasteiger charge is 2.71. The maximum absolute atomic E-state index is 14.3. The molecule has 1 aromatic carbocycles. The summed E-state index contributed by atoms with van der Waals surface area (Å²) in [5.74, 6) is 1.96. The van der Waals surface area contributed by atoms with E-state index in [-0.39, 0.29) is 51.5 Å². The van der Waals surface area contributed by atoms with Crippen molar-refractivity contribution in [1.29, 1.82) is 0 Å². The van der Waals surface area contributed by atoms with Crippen molar-refractivity contribution in [3.05, 3.63) is 53.6 Å². The molecule has 1 aromatic rings. The van der Waals surface area contributed by atoms with Gasteiger partial charge in [0.05, 0.1) is 31.7 Å². The van der Waals surface area contributed by atoms with Crippen LogP contribution < -0.4 is 10.6 Å². The van der Waals surface area contributed by atoms with Crippen molar-refractivity contribution in [1.82, 2.24) is 10.6 Å². The molecule has 5 aliphatic carbocycles. The number of fused-ring (bicyclic) bond motifs is 7. The predicted octanol–water partition coefficient (Wildman–Crippen LogP) is 8.00. The smallest absolute Gasteiger partial charge is 0.337 e. The van der Waals surface area contributed by atoms with Crippen LogP contribution in [0.2, 0.25) is 0 Å². The summed E-state index contributed by atoms with van der Waals surface area (Å²) in [6.07, 6.45) is 12.4. The van der Waals surface area contributed by atoms with Crippen LogP contribution in [0, 0.1) is 56.7 Å². The molecule has 6 rings (SSSR count). The summed E-state index contributed by atoms with van der Waals surface area (Å²) >= 11 is 0. The maximum Gasteiger partial charge on any atom is 0.337 e. The Morgan fingerprint density at radius 2 is 1.56 bits per heavy atom. The highest BCUT2D eigenvalue weighted by molar-refractivity contribution is 5.90. The summed E-state index contributed by atoms with van der Waals surface area (Å²) in [6.45, 7) is 20.7. The standard InChI is InChI=1S/C43H62N2O5/c1-27(2)30-16-21-43(38(48)45-25-24-44-26-35(46)49-8)23-22-41(6)32(36(30)43)14-15-34-40(5)19-17-31(28-10-12-29(13-11-28)37(47)50-9)39(3,4)33(40)18-20-42(34,41)7/h10-13,17,30,32-34,36,44H,1,14-16,18-26H2,2-9H3,(H,45,48). The van der Waals surface area contributed by atoms with Crippen molar-refractivity contribution in [2.24, 2.45) is 56.7 Å². The number of hydrogen-bond donors (Lipinski definition) is 2. The van der Waals surface area contributed by atoms with Gasteiger partial charge in [-0.2, -0.15) is 0 Å². The van der Waals surface area contributed by atoms with Crippen molar-refractivity contribution in [2.75, 3.05) is 33.9 Å². The molecule has 7 nitrogen and oxygen atoms in total. The number of benzene rings is 1. The number of rotatable bonds is 9. The summed E-state index contributed by atoms with van der Waals surface area (Å²) in [5, 5.41) is 6.40. The monoisotopic (exact) mass is 686 g/mol. The number of nitrogens with one attached hydrogen (secondary N) is 2. The molecule has 1 amide bonds. The molecule has 0 aliphatic heterocycles. The fraction of sp³-hybridized carbons (Fsp3) is 0.698. The highest BCUT2D eigenvalue weighted by Crippen LogP contribution is 2.77. The zero-order valence-electron chi connectivity index (χ0n) is 32.0. The van der Waals surface area contributed by atoms with Gasteiger partial charge in [-0.1, -0.05) is 65.0 Å². The number of carbonyl (C=O) groups is 3. The lowest BCUT2D eigenvalue weighted by Gasteiger charge is -2.72. The molecular weight excluding hydrogens is 624 g/mol. The third-order valence-corrected chi connectivity index (χ3v) is 15.8. The Kier molecular flexibility index (Phi) is 9.76. The van der Waals surface area contributed by atoms with Gasteiger partial charge >= 0.3 is 11.9 Å². The Labute approximate surface area is 300 Å². The van der Waals surface area contributed by atoms with Gasteiger partial charge in [0.15, 0.2) is 0 Å². The van der Waals surface area contributed by atoms with Crippen molar-refractivity contribution in [3.63, 3.8) is 0 Å². The first-order chi connectivity index (χ1) is 23.6. The fourth-order valence-electron chi connectivity index (χ4n) is 13.2. The van der Waals surface area contributed by atoms with Gasteiger partial charge in [0.25, 0.3) is 0 Å². The molecule has 4 fully saturated rings. The van der Waals surface area contributed by atoms with E-state index in [0.29, 0.717) is 48.2 Å². The molecule has 0 spiro atoms. The molecule has 0 radical (unpaired) electrons. The fourth-order valence-corrected chi connectivity index (χ4v) is 13.2. The Morgan fingerprint density at radius 3 is 2.22 bits per heavy atom. The Morgan fingerprint density at radius 1 is 0.840 bits per heavy atom. The second-order valence-corrected chi connectivity index (χ2v) is 18.0. The minimum atomic E-state index is -0.353. The van der Waals surface area contributed by atoms with Gasteiger partial charge in [0, 0.05) is 13.1 Å². The number of ether oxygens (including phenoxy) is 2. The molecular formula is C43H62N2O5. The van der Waals surface area contributed by atoms with E-state index >= 15 is 0 Å². The number of methoxy groups -OCH3 is 2. The topological polar surface area (TPSA) is 93.7 Å². The summed E-state index contributed by atoms with van der Waals surface area (Å²) in [5.41, 5.74) is 4.62. The van der Waals surface area contributed by atoms with Crippen molar-refractivity contribution >= 4 is 23.4 Å². The van der Waals surface area contributed by atoms with E-state index in [4.69, 9.17) is 9.47 Å². The van der Waals surface area contributed by atoms with Crippen LogP contribution in [-0.2, 0) is 19.1 Å². The van der Waals surface area contributed by atoms with Crippen LogP contribution in [0.15, 0.2) is 42.5 Å². The van der Waals surface area contributed by atoms with Crippen LogP contribution >= 0.6 is 0 Å². The first kappa shape index (κ1) is 36.8. The molecule has 0 bridgehead atoms. The number of allylic oxidation sites excluding steroid dienone is 3. The molecule has 7 heteroatoms. The zero-order valence-corrected chi connectivity index (χ0v) is 32.0. The van der Waals surface area contributed by atoms with Gasteiger partial charge < -0.3 is 20.1 Å². The van der Waals surface area contributed by atoms with Gasteiger partial charge in [-0.25, -0.2) is 4.79 Å². The summed E-state index contributed by atoms with van der Waals surface area (Å²) in [7, 11) is 2.82. The number of amides is 1. The third-order valence-electron chi connectivity index (χ3n) is 15.8. The normalized spacial score (nSPS) is 38.3. The molecule has 0 heterocycles. The average Bonchev–Trinajstić information content (AvgIpc) is 3.49.